The molecule has 0 saturated carbocycles. The van der Waals surface area contributed by atoms with Crippen molar-refractivity contribution < 1.29 is 0 Å². The van der Waals surface area contributed by atoms with E-state index in [1.165, 1.54) is 0 Å². The first-order valence-corrected chi connectivity index (χ1v) is 3.46. The van der Waals surface area contributed by atoms with Crippen LogP contribution in [0.4, 0.5) is 0 Å². The standard InChI is InChI=1S/C7H13NS/c1-6(8-5-9)7(2,3)4/h6H,1-4H3. The zero-order valence-corrected chi connectivity index (χ0v) is 7.25. The van der Waals surface area contributed by atoms with Gasteiger partial charge in [-0.1, -0.05) is 20.8 Å². The molecule has 0 aliphatic rings. The van der Waals surface area contributed by atoms with Crippen molar-refractivity contribution in [2.75, 3.05) is 0 Å². The molecule has 0 aliphatic carbocycles. The van der Waals surface area contributed by atoms with E-state index in [1.54, 1.807) is 0 Å². The minimum atomic E-state index is 0.214. The summed E-state index contributed by atoms with van der Waals surface area (Å²) in [6.45, 7) is 8.44. The van der Waals surface area contributed by atoms with Gasteiger partial charge in [0.2, 0.25) is 0 Å². The molecule has 1 nitrogen and oxygen atoms in total. The largest absolute Gasteiger partial charge is 0.229 e. The second-order valence-electron chi connectivity index (χ2n) is 3.26. The van der Waals surface area contributed by atoms with Gasteiger partial charge in [0, 0.05) is 0 Å². The molecular formula is C7H13NS. The van der Waals surface area contributed by atoms with Gasteiger partial charge in [-0.05, 0) is 24.6 Å². The van der Waals surface area contributed by atoms with Crippen LogP contribution in [0.1, 0.15) is 27.7 Å². The summed E-state index contributed by atoms with van der Waals surface area (Å²) in [6.07, 6.45) is 0. The topological polar surface area (TPSA) is 12.4 Å². The van der Waals surface area contributed by atoms with Crippen molar-refractivity contribution in [1.82, 2.24) is 0 Å². The molecule has 0 bridgehead atoms. The van der Waals surface area contributed by atoms with Crippen LogP contribution < -0.4 is 0 Å². The van der Waals surface area contributed by atoms with E-state index in [0.29, 0.717) is 0 Å². The van der Waals surface area contributed by atoms with E-state index in [2.05, 4.69) is 43.1 Å². The Kier molecular flexibility index (Phi) is 3.02. The molecule has 0 aromatic rings. The lowest BCUT2D eigenvalue weighted by atomic mass is 9.89. The van der Waals surface area contributed by atoms with Crippen LogP contribution in [-0.2, 0) is 0 Å². The fourth-order valence-corrected chi connectivity index (χ4v) is 0.431. The fraction of sp³-hybridized carbons (Fsp3) is 0.857. The zero-order valence-electron chi connectivity index (χ0n) is 6.43. The predicted molar refractivity (Wildman–Crippen MR) is 43.9 cm³/mol. The first-order chi connectivity index (χ1) is 3.98. The summed E-state index contributed by atoms with van der Waals surface area (Å²) in [7, 11) is 0. The van der Waals surface area contributed by atoms with Crippen LogP contribution in [0.25, 0.3) is 0 Å². The molecule has 0 spiro atoms. The van der Waals surface area contributed by atoms with Crippen LogP contribution in [-0.4, -0.2) is 11.2 Å². The third-order valence-corrected chi connectivity index (χ3v) is 1.61. The molecular weight excluding hydrogens is 130 g/mol. The van der Waals surface area contributed by atoms with Crippen molar-refractivity contribution in [2.24, 2.45) is 10.4 Å². The van der Waals surface area contributed by atoms with Crippen LogP contribution in [0.5, 0.6) is 0 Å². The molecule has 52 valence electrons. The summed E-state index contributed by atoms with van der Waals surface area (Å²) < 4.78 is 0. The van der Waals surface area contributed by atoms with Gasteiger partial charge >= 0.3 is 0 Å². The highest BCUT2D eigenvalue weighted by Crippen LogP contribution is 2.20. The van der Waals surface area contributed by atoms with Gasteiger partial charge in [-0.2, -0.15) is 0 Å². The van der Waals surface area contributed by atoms with E-state index in [4.69, 9.17) is 0 Å². The Morgan fingerprint density at radius 1 is 1.44 bits per heavy atom. The molecule has 0 saturated heterocycles. The first-order valence-electron chi connectivity index (χ1n) is 3.05. The number of isothiocyanates is 1. The second-order valence-corrected chi connectivity index (χ2v) is 3.44. The molecule has 0 N–H and O–H groups in total. The average molecular weight is 143 g/mol. The lowest BCUT2D eigenvalue weighted by molar-refractivity contribution is 0.343. The average Bonchev–Trinajstić information content (AvgIpc) is 1.64. The molecule has 2 heteroatoms. The van der Waals surface area contributed by atoms with E-state index in [1.807, 2.05) is 6.92 Å². The fourth-order valence-electron chi connectivity index (χ4n) is 0.273. The van der Waals surface area contributed by atoms with Gasteiger partial charge in [-0.3, -0.25) is 0 Å². The Hall–Kier alpha value is -0.200. The zero-order chi connectivity index (χ0) is 7.49. The van der Waals surface area contributed by atoms with Crippen molar-refractivity contribution in [1.29, 1.82) is 0 Å². The van der Waals surface area contributed by atoms with Crippen molar-refractivity contribution in [2.45, 2.75) is 33.7 Å². The molecule has 0 aromatic carbocycles. The number of hydrogen-bond donors (Lipinski definition) is 0. The van der Waals surface area contributed by atoms with Crippen LogP contribution in [0, 0.1) is 5.41 Å². The number of aliphatic imine (C=N–C) groups is 1. The van der Waals surface area contributed by atoms with Crippen LogP contribution in [0.15, 0.2) is 4.99 Å². The van der Waals surface area contributed by atoms with Gasteiger partial charge in [0.25, 0.3) is 0 Å². The number of rotatable bonds is 1. The molecule has 0 aliphatic heterocycles. The van der Waals surface area contributed by atoms with Gasteiger partial charge in [-0.15, -0.1) is 0 Å². The van der Waals surface area contributed by atoms with E-state index in [-0.39, 0.29) is 11.5 Å². The maximum Gasteiger partial charge on any atom is 0.0622 e. The van der Waals surface area contributed by atoms with E-state index >= 15 is 0 Å². The number of nitrogens with zero attached hydrogens (tertiary/aromatic N) is 1. The number of hydrogen-bond acceptors (Lipinski definition) is 2. The molecule has 1 atom stereocenters. The Morgan fingerprint density at radius 2 is 1.89 bits per heavy atom. The third kappa shape index (κ3) is 3.39. The molecule has 0 rings (SSSR count). The predicted octanol–water partition coefficient (Wildman–Crippen LogP) is 2.52. The summed E-state index contributed by atoms with van der Waals surface area (Å²) >= 11 is 4.48. The van der Waals surface area contributed by atoms with Crippen molar-refractivity contribution >= 4 is 17.4 Å². The smallest absolute Gasteiger partial charge is 0.0622 e. The lowest BCUT2D eigenvalue weighted by Gasteiger charge is -2.21. The number of thiocarbonyl (C=S) groups is 1. The highest BCUT2D eigenvalue weighted by atomic mass is 32.1. The molecule has 0 heterocycles. The quantitative estimate of drug-likeness (QED) is 0.406. The van der Waals surface area contributed by atoms with E-state index in [0.717, 1.165) is 0 Å². The minimum absolute atomic E-state index is 0.214. The maximum atomic E-state index is 4.48. The highest BCUT2D eigenvalue weighted by molar-refractivity contribution is 7.78. The monoisotopic (exact) mass is 143 g/mol. The molecule has 0 fully saturated rings. The summed E-state index contributed by atoms with van der Waals surface area (Å²) in [4.78, 5) is 3.96. The van der Waals surface area contributed by atoms with Crippen molar-refractivity contribution in [3.63, 3.8) is 0 Å². The molecule has 0 aromatic heterocycles. The van der Waals surface area contributed by atoms with E-state index in [9.17, 15) is 0 Å². The van der Waals surface area contributed by atoms with Gasteiger partial charge in [0.1, 0.15) is 0 Å². The minimum Gasteiger partial charge on any atom is -0.229 e. The van der Waals surface area contributed by atoms with Gasteiger partial charge in [0.15, 0.2) is 0 Å². The lowest BCUT2D eigenvalue weighted by Crippen LogP contribution is -2.20. The van der Waals surface area contributed by atoms with Crippen LogP contribution in [0.2, 0.25) is 0 Å². The summed E-state index contributed by atoms with van der Waals surface area (Å²) in [6, 6.07) is 0.273. The van der Waals surface area contributed by atoms with Gasteiger partial charge < -0.3 is 0 Å². The Balaban J connectivity index is 4.03. The van der Waals surface area contributed by atoms with Crippen LogP contribution in [0.3, 0.4) is 0 Å². The van der Waals surface area contributed by atoms with Crippen LogP contribution >= 0.6 is 12.2 Å². The SMILES string of the molecule is CC(N=C=S)C(C)(C)C. The Bertz CT molecular complexity index is 128. The van der Waals surface area contributed by atoms with Gasteiger partial charge in [-0.25, -0.2) is 4.99 Å². The summed E-state index contributed by atoms with van der Waals surface area (Å²) in [5.41, 5.74) is 0.214. The Labute approximate surface area is 62.2 Å². The molecule has 0 amide bonds. The normalized spacial score (nSPS) is 14.2. The highest BCUT2D eigenvalue weighted by Gasteiger charge is 2.17. The Morgan fingerprint density at radius 3 is 2.00 bits per heavy atom. The molecule has 9 heavy (non-hydrogen) atoms. The molecule has 0 radical (unpaired) electrons. The second kappa shape index (κ2) is 3.09. The van der Waals surface area contributed by atoms with E-state index < -0.39 is 0 Å². The van der Waals surface area contributed by atoms with Crippen molar-refractivity contribution in [3.8, 4) is 0 Å². The van der Waals surface area contributed by atoms with Gasteiger partial charge in [0.05, 0.1) is 11.2 Å². The molecule has 1 unspecified atom stereocenters. The maximum absolute atomic E-state index is 4.48. The first kappa shape index (κ1) is 8.80. The summed E-state index contributed by atoms with van der Waals surface area (Å²) in [5.74, 6) is 0. The van der Waals surface area contributed by atoms with Crippen molar-refractivity contribution in [3.05, 3.63) is 0 Å². The summed E-state index contributed by atoms with van der Waals surface area (Å²) in [5, 5.41) is 2.38. The third-order valence-electron chi connectivity index (χ3n) is 1.50.